The van der Waals surface area contributed by atoms with Gasteiger partial charge in [0.2, 0.25) is 0 Å². The highest BCUT2D eigenvalue weighted by Gasteiger charge is 2.27. The van der Waals surface area contributed by atoms with Crippen molar-refractivity contribution >= 4 is 0 Å². The molecule has 2 nitrogen and oxygen atoms in total. The number of hydrogen-bond acceptors (Lipinski definition) is 2. The van der Waals surface area contributed by atoms with E-state index < -0.39 is 0 Å². The smallest absolute Gasteiger partial charge is 0.0494 e. The van der Waals surface area contributed by atoms with Gasteiger partial charge in [0, 0.05) is 24.6 Å². The second-order valence-corrected chi connectivity index (χ2v) is 5.80. The molecule has 5 atom stereocenters. The van der Waals surface area contributed by atoms with Gasteiger partial charge < -0.3 is 10.4 Å². The van der Waals surface area contributed by atoms with Gasteiger partial charge in [-0.2, -0.15) is 0 Å². The predicted octanol–water partition coefficient (Wildman–Crippen LogP) is 2.34. The number of aliphatic hydroxyl groups excluding tert-OH is 1. The molecule has 0 aromatic rings. The van der Waals surface area contributed by atoms with Crippen molar-refractivity contribution < 1.29 is 5.11 Å². The summed E-state index contributed by atoms with van der Waals surface area (Å²) in [5.41, 5.74) is 0. The molecule has 2 aliphatic carbocycles. The standard InChI is InChI=1S/C14H25NO/c1-10-3-5-13(7-11(10)2)15-14-6-4-12(8-14)9-16/h4,6,10-16H,3,5,7-9H2,1-2H3/t10-,11-,12+,13-,14-/m1/s1. The molecule has 0 saturated heterocycles. The fourth-order valence-corrected chi connectivity index (χ4v) is 3.04. The monoisotopic (exact) mass is 223 g/mol. The van der Waals surface area contributed by atoms with Crippen LogP contribution in [0.3, 0.4) is 0 Å². The molecular weight excluding hydrogens is 198 g/mol. The van der Waals surface area contributed by atoms with Crippen LogP contribution in [0.1, 0.15) is 39.5 Å². The van der Waals surface area contributed by atoms with Gasteiger partial charge in [-0.05, 0) is 37.5 Å². The van der Waals surface area contributed by atoms with Gasteiger partial charge in [-0.3, -0.25) is 0 Å². The Morgan fingerprint density at radius 2 is 1.94 bits per heavy atom. The second-order valence-electron chi connectivity index (χ2n) is 5.80. The molecule has 0 spiro atoms. The van der Waals surface area contributed by atoms with E-state index in [4.69, 9.17) is 5.11 Å². The van der Waals surface area contributed by atoms with E-state index in [1.807, 2.05) is 0 Å². The van der Waals surface area contributed by atoms with Crippen molar-refractivity contribution in [3.05, 3.63) is 12.2 Å². The van der Waals surface area contributed by atoms with E-state index in [9.17, 15) is 0 Å². The van der Waals surface area contributed by atoms with Crippen molar-refractivity contribution in [3.63, 3.8) is 0 Å². The Morgan fingerprint density at radius 3 is 2.56 bits per heavy atom. The average molecular weight is 223 g/mol. The number of nitrogens with one attached hydrogen (secondary N) is 1. The Kier molecular flexibility index (Phi) is 4.04. The zero-order valence-electron chi connectivity index (χ0n) is 10.5. The first-order chi connectivity index (χ1) is 7.69. The number of hydrogen-bond donors (Lipinski definition) is 2. The molecule has 2 aliphatic rings. The molecule has 1 saturated carbocycles. The molecule has 0 unspecified atom stereocenters. The minimum absolute atomic E-state index is 0.298. The molecule has 0 aliphatic heterocycles. The molecule has 0 heterocycles. The zero-order valence-corrected chi connectivity index (χ0v) is 10.5. The van der Waals surface area contributed by atoms with Crippen molar-refractivity contribution in [1.82, 2.24) is 5.32 Å². The van der Waals surface area contributed by atoms with Gasteiger partial charge in [-0.1, -0.05) is 26.0 Å². The van der Waals surface area contributed by atoms with Crippen LogP contribution in [0.5, 0.6) is 0 Å². The van der Waals surface area contributed by atoms with Crippen LogP contribution >= 0.6 is 0 Å². The molecule has 0 amide bonds. The lowest BCUT2D eigenvalue weighted by Crippen LogP contribution is -2.41. The molecule has 0 bridgehead atoms. The van der Waals surface area contributed by atoms with E-state index in [1.54, 1.807) is 0 Å². The maximum absolute atomic E-state index is 9.09. The second kappa shape index (κ2) is 5.33. The Bertz CT molecular complexity index is 251. The quantitative estimate of drug-likeness (QED) is 0.720. The van der Waals surface area contributed by atoms with Crippen molar-refractivity contribution in [3.8, 4) is 0 Å². The van der Waals surface area contributed by atoms with Crippen LogP contribution in [0.15, 0.2) is 12.2 Å². The third kappa shape index (κ3) is 2.86. The maximum atomic E-state index is 9.09. The maximum Gasteiger partial charge on any atom is 0.0494 e. The van der Waals surface area contributed by atoms with Crippen LogP contribution in [-0.4, -0.2) is 23.8 Å². The van der Waals surface area contributed by atoms with Crippen LogP contribution in [0.2, 0.25) is 0 Å². The normalized spacial score (nSPS) is 43.8. The molecule has 16 heavy (non-hydrogen) atoms. The summed E-state index contributed by atoms with van der Waals surface area (Å²) in [7, 11) is 0. The van der Waals surface area contributed by atoms with E-state index in [-0.39, 0.29) is 0 Å². The summed E-state index contributed by atoms with van der Waals surface area (Å²) < 4.78 is 0. The summed E-state index contributed by atoms with van der Waals surface area (Å²) in [4.78, 5) is 0. The van der Waals surface area contributed by atoms with Crippen LogP contribution in [0.25, 0.3) is 0 Å². The van der Waals surface area contributed by atoms with Crippen molar-refractivity contribution in [1.29, 1.82) is 0 Å². The topological polar surface area (TPSA) is 32.3 Å². The third-order valence-electron chi connectivity index (χ3n) is 4.45. The highest BCUT2D eigenvalue weighted by atomic mass is 16.3. The van der Waals surface area contributed by atoms with Gasteiger partial charge in [-0.15, -0.1) is 0 Å². The van der Waals surface area contributed by atoms with Gasteiger partial charge >= 0.3 is 0 Å². The van der Waals surface area contributed by atoms with Crippen molar-refractivity contribution in [2.24, 2.45) is 17.8 Å². The first-order valence-electron chi connectivity index (χ1n) is 6.74. The fraction of sp³-hybridized carbons (Fsp3) is 0.857. The van der Waals surface area contributed by atoms with Crippen LogP contribution in [-0.2, 0) is 0 Å². The lowest BCUT2D eigenvalue weighted by molar-refractivity contribution is 0.211. The highest BCUT2D eigenvalue weighted by Crippen LogP contribution is 2.30. The molecule has 2 rings (SSSR count). The largest absolute Gasteiger partial charge is 0.396 e. The van der Waals surface area contributed by atoms with E-state index in [1.165, 1.54) is 19.3 Å². The van der Waals surface area contributed by atoms with Gasteiger partial charge in [0.1, 0.15) is 0 Å². The molecule has 92 valence electrons. The molecule has 2 heteroatoms. The van der Waals surface area contributed by atoms with Crippen LogP contribution < -0.4 is 5.32 Å². The Balaban J connectivity index is 1.77. The zero-order chi connectivity index (χ0) is 11.5. The van der Waals surface area contributed by atoms with Gasteiger partial charge in [0.05, 0.1) is 0 Å². The number of aliphatic hydroxyl groups is 1. The fourth-order valence-electron chi connectivity index (χ4n) is 3.04. The van der Waals surface area contributed by atoms with E-state index in [0.717, 1.165) is 18.3 Å². The van der Waals surface area contributed by atoms with Crippen molar-refractivity contribution in [2.75, 3.05) is 6.61 Å². The Labute approximate surface area is 99.1 Å². The summed E-state index contributed by atoms with van der Waals surface area (Å²) >= 11 is 0. The Morgan fingerprint density at radius 1 is 1.12 bits per heavy atom. The summed E-state index contributed by atoms with van der Waals surface area (Å²) in [5, 5.41) is 12.8. The minimum Gasteiger partial charge on any atom is -0.396 e. The third-order valence-corrected chi connectivity index (χ3v) is 4.45. The minimum atomic E-state index is 0.298. The first kappa shape index (κ1) is 12.1. The summed E-state index contributed by atoms with van der Waals surface area (Å²) in [5.74, 6) is 2.13. The molecule has 0 aromatic heterocycles. The van der Waals surface area contributed by atoms with E-state index in [0.29, 0.717) is 24.6 Å². The summed E-state index contributed by atoms with van der Waals surface area (Å²) in [6.45, 7) is 5.05. The van der Waals surface area contributed by atoms with E-state index >= 15 is 0 Å². The molecule has 0 aromatic carbocycles. The average Bonchev–Trinajstić information content (AvgIpc) is 2.71. The van der Waals surface area contributed by atoms with Crippen LogP contribution in [0, 0.1) is 17.8 Å². The highest BCUT2D eigenvalue weighted by molar-refractivity contribution is 5.06. The lowest BCUT2D eigenvalue weighted by atomic mass is 9.79. The first-order valence-corrected chi connectivity index (χ1v) is 6.74. The van der Waals surface area contributed by atoms with Gasteiger partial charge in [0.25, 0.3) is 0 Å². The molecule has 2 N–H and O–H groups in total. The number of rotatable bonds is 3. The Hall–Kier alpha value is -0.340. The predicted molar refractivity (Wildman–Crippen MR) is 67.2 cm³/mol. The van der Waals surface area contributed by atoms with Gasteiger partial charge in [-0.25, -0.2) is 0 Å². The lowest BCUT2D eigenvalue weighted by Gasteiger charge is -2.34. The van der Waals surface area contributed by atoms with Crippen molar-refractivity contribution in [2.45, 2.75) is 51.6 Å². The SMILES string of the molecule is C[C@@H]1CC[C@@H](N[C@@H]2C=C[C@H](CO)C2)C[C@H]1C. The van der Waals surface area contributed by atoms with E-state index in [2.05, 4.69) is 31.3 Å². The molecule has 1 fully saturated rings. The molecular formula is C14H25NO. The van der Waals surface area contributed by atoms with Crippen LogP contribution in [0.4, 0.5) is 0 Å². The molecule has 0 radical (unpaired) electrons. The summed E-state index contributed by atoms with van der Waals surface area (Å²) in [6.07, 6.45) is 9.47. The summed E-state index contributed by atoms with van der Waals surface area (Å²) in [6, 6.07) is 1.20. The van der Waals surface area contributed by atoms with Gasteiger partial charge in [0.15, 0.2) is 0 Å².